The number of amidine groups is 1. The van der Waals surface area contributed by atoms with Crippen molar-refractivity contribution in [3.05, 3.63) is 40.4 Å². The fraction of sp³-hybridized carbons (Fsp3) is 0.0625. The van der Waals surface area contributed by atoms with E-state index in [9.17, 15) is 9.59 Å². The van der Waals surface area contributed by atoms with Crippen LogP contribution in [0.5, 0.6) is 0 Å². The highest BCUT2D eigenvalue weighted by molar-refractivity contribution is 8.18. The van der Waals surface area contributed by atoms with Gasteiger partial charge < -0.3 is 10.6 Å². The van der Waals surface area contributed by atoms with E-state index in [-0.39, 0.29) is 11.8 Å². The summed E-state index contributed by atoms with van der Waals surface area (Å²) in [7, 11) is 0. The second-order valence-electron chi connectivity index (χ2n) is 5.37. The zero-order valence-corrected chi connectivity index (χ0v) is 15.1. The quantitative estimate of drug-likeness (QED) is 0.601. The highest BCUT2D eigenvalue weighted by Crippen LogP contribution is 2.30. The van der Waals surface area contributed by atoms with Crippen molar-refractivity contribution >= 4 is 67.9 Å². The minimum Gasteiger partial charge on any atom is -0.302 e. The molecule has 130 valence electrons. The molecule has 3 aromatic rings. The molecular weight excluding hydrogens is 372 g/mol. The summed E-state index contributed by atoms with van der Waals surface area (Å²) in [5, 5.41) is 14.2. The van der Waals surface area contributed by atoms with Crippen LogP contribution in [0.2, 0.25) is 0 Å². The molecule has 0 aliphatic carbocycles. The van der Waals surface area contributed by atoms with Crippen molar-refractivity contribution in [3.63, 3.8) is 0 Å². The first-order chi connectivity index (χ1) is 12.6. The topological polar surface area (TPSA) is 112 Å². The molecule has 2 aromatic heterocycles. The maximum absolute atomic E-state index is 12.2. The maximum atomic E-state index is 12.2. The van der Waals surface area contributed by atoms with E-state index in [0.717, 1.165) is 21.5 Å². The van der Waals surface area contributed by atoms with E-state index in [0.29, 0.717) is 15.2 Å². The Morgan fingerprint density at radius 3 is 3.08 bits per heavy atom. The first-order valence-corrected chi connectivity index (χ1v) is 9.16. The zero-order chi connectivity index (χ0) is 18.1. The maximum Gasteiger partial charge on any atom is 0.264 e. The summed E-state index contributed by atoms with van der Waals surface area (Å²) in [6.45, 7) is 1.42. The third-order valence-electron chi connectivity index (χ3n) is 3.39. The summed E-state index contributed by atoms with van der Waals surface area (Å²) in [6, 6.07) is 5.64. The second kappa shape index (κ2) is 6.73. The summed E-state index contributed by atoms with van der Waals surface area (Å²) in [5.41, 5.74) is 1.60. The van der Waals surface area contributed by atoms with E-state index in [1.165, 1.54) is 30.0 Å². The molecule has 1 fully saturated rings. The van der Waals surface area contributed by atoms with Crippen molar-refractivity contribution in [3.8, 4) is 0 Å². The number of hydrogen-bond acceptors (Lipinski definition) is 7. The molecule has 0 radical (unpaired) electrons. The van der Waals surface area contributed by atoms with Gasteiger partial charge in [-0.05, 0) is 36.0 Å². The number of amides is 2. The van der Waals surface area contributed by atoms with Crippen LogP contribution >= 0.6 is 23.1 Å². The van der Waals surface area contributed by atoms with E-state index >= 15 is 0 Å². The van der Waals surface area contributed by atoms with Gasteiger partial charge >= 0.3 is 0 Å². The Bertz CT molecular complexity index is 1080. The highest BCUT2D eigenvalue weighted by atomic mass is 32.2. The van der Waals surface area contributed by atoms with Crippen LogP contribution in [0.3, 0.4) is 0 Å². The fourth-order valence-corrected chi connectivity index (χ4v) is 4.00. The monoisotopic (exact) mass is 384 g/mol. The third kappa shape index (κ3) is 3.51. The first kappa shape index (κ1) is 16.5. The molecule has 8 nitrogen and oxygen atoms in total. The van der Waals surface area contributed by atoms with Crippen LogP contribution in [0.1, 0.15) is 11.8 Å². The Hall–Kier alpha value is -2.98. The third-order valence-corrected chi connectivity index (χ3v) is 5.16. The van der Waals surface area contributed by atoms with E-state index in [2.05, 4.69) is 30.8 Å². The van der Waals surface area contributed by atoms with E-state index in [4.69, 9.17) is 0 Å². The van der Waals surface area contributed by atoms with Gasteiger partial charge in [0.15, 0.2) is 10.3 Å². The molecule has 1 aromatic carbocycles. The van der Waals surface area contributed by atoms with Gasteiger partial charge in [0, 0.05) is 18.5 Å². The zero-order valence-electron chi connectivity index (χ0n) is 13.4. The predicted octanol–water partition coefficient (Wildman–Crippen LogP) is 2.87. The molecule has 0 atom stereocenters. The lowest BCUT2D eigenvalue weighted by Gasteiger charge is -1.96. The van der Waals surface area contributed by atoms with E-state index in [1.54, 1.807) is 18.5 Å². The van der Waals surface area contributed by atoms with Crippen LogP contribution in [0.25, 0.3) is 17.0 Å². The number of aliphatic imine (C=N–C) groups is 1. The summed E-state index contributed by atoms with van der Waals surface area (Å²) in [4.78, 5) is 33.1. The fourth-order valence-electron chi connectivity index (χ4n) is 2.28. The molecule has 26 heavy (non-hydrogen) atoms. The smallest absolute Gasteiger partial charge is 0.264 e. The predicted molar refractivity (Wildman–Crippen MR) is 103 cm³/mol. The number of nitrogens with one attached hydrogen (secondary N) is 3. The second-order valence-corrected chi connectivity index (χ2v) is 7.47. The number of H-pyrrole nitrogens is 1. The Labute approximate surface area is 155 Å². The van der Waals surface area contributed by atoms with Crippen molar-refractivity contribution in [1.29, 1.82) is 0 Å². The van der Waals surface area contributed by atoms with Crippen LogP contribution in [0.4, 0.5) is 10.8 Å². The molecule has 0 bridgehead atoms. The van der Waals surface area contributed by atoms with Gasteiger partial charge in [-0.25, -0.2) is 9.98 Å². The normalized spacial score (nSPS) is 17.2. The lowest BCUT2D eigenvalue weighted by atomic mass is 10.2. The first-order valence-electron chi connectivity index (χ1n) is 7.53. The average molecular weight is 384 g/mol. The lowest BCUT2D eigenvalue weighted by Crippen LogP contribution is -2.19. The number of benzene rings is 1. The Balaban J connectivity index is 1.54. The summed E-state index contributed by atoms with van der Waals surface area (Å²) >= 11 is 2.55. The van der Waals surface area contributed by atoms with Gasteiger partial charge in [0.05, 0.1) is 27.2 Å². The molecule has 4 rings (SSSR count). The van der Waals surface area contributed by atoms with Gasteiger partial charge in [0.25, 0.3) is 5.91 Å². The number of aromatic amines is 1. The van der Waals surface area contributed by atoms with Crippen LogP contribution in [0.15, 0.2) is 40.5 Å². The summed E-state index contributed by atoms with van der Waals surface area (Å²) < 4.78 is 0. The van der Waals surface area contributed by atoms with Crippen molar-refractivity contribution in [2.45, 2.75) is 6.92 Å². The van der Waals surface area contributed by atoms with Crippen LogP contribution in [0, 0.1) is 0 Å². The number of thioether (sulfide) groups is 1. The van der Waals surface area contributed by atoms with Crippen molar-refractivity contribution in [2.24, 2.45) is 4.99 Å². The van der Waals surface area contributed by atoms with E-state index < -0.39 is 0 Å². The minimum atomic E-state index is -0.217. The summed E-state index contributed by atoms with van der Waals surface area (Å²) in [6.07, 6.45) is 5.07. The number of aromatic nitrogens is 3. The van der Waals surface area contributed by atoms with Gasteiger partial charge in [0.2, 0.25) is 5.91 Å². The minimum absolute atomic E-state index is 0.185. The largest absolute Gasteiger partial charge is 0.302 e. The number of carbonyl (C=O) groups excluding carboxylic acids is 2. The Kier molecular flexibility index (Phi) is 4.27. The molecule has 3 N–H and O–H groups in total. The molecule has 3 heterocycles. The van der Waals surface area contributed by atoms with Gasteiger partial charge in [-0.1, -0.05) is 11.3 Å². The standard InChI is InChI=1S/C16H12N6O2S2/c1-8(23)19-15-17-7-11(25-15)5-13-14(24)21-16(26-13)20-10-3-2-9-6-18-22-12(9)4-10/h2-7H,1H3,(H,18,22)(H,17,19,23)(H,20,21,24)/b13-5-. The molecule has 1 aliphatic rings. The van der Waals surface area contributed by atoms with Crippen molar-refractivity contribution in [2.75, 3.05) is 5.32 Å². The van der Waals surface area contributed by atoms with Crippen LogP contribution in [-0.2, 0) is 9.59 Å². The van der Waals surface area contributed by atoms with Crippen LogP contribution in [-0.4, -0.2) is 32.2 Å². The number of fused-ring (bicyclic) bond motifs is 1. The Morgan fingerprint density at radius 2 is 2.23 bits per heavy atom. The number of hydrogen-bond donors (Lipinski definition) is 3. The summed E-state index contributed by atoms with van der Waals surface area (Å²) in [5.74, 6) is -0.402. The van der Waals surface area contributed by atoms with Gasteiger partial charge in [-0.2, -0.15) is 5.10 Å². The van der Waals surface area contributed by atoms with Gasteiger partial charge in [-0.3, -0.25) is 14.7 Å². The van der Waals surface area contributed by atoms with Crippen molar-refractivity contribution in [1.82, 2.24) is 20.5 Å². The molecule has 10 heteroatoms. The molecule has 0 saturated carbocycles. The molecule has 0 unspecified atom stereocenters. The molecule has 1 aliphatic heterocycles. The number of thiazole rings is 1. The van der Waals surface area contributed by atoms with Crippen molar-refractivity contribution < 1.29 is 9.59 Å². The van der Waals surface area contributed by atoms with Crippen LogP contribution < -0.4 is 10.6 Å². The Morgan fingerprint density at radius 1 is 1.35 bits per heavy atom. The highest BCUT2D eigenvalue weighted by Gasteiger charge is 2.24. The van der Waals surface area contributed by atoms with Gasteiger partial charge in [-0.15, -0.1) is 0 Å². The number of carbonyl (C=O) groups is 2. The number of nitrogens with zero attached hydrogens (tertiary/aromatic N) is 3. The number of rotatable bonds is 3. The molecule has 1 saturated heterocycles. The molecule has 0 spiro atoms. The SMILES string of the molecule is CC(=O)Nc1ncc(/C=C2\SC(=Nc3ccc4cn[nH]c4c3)NC2=O)s1. The molecule has 2 amide bonds. The lowest BCUT2D eigenvalue weighted by molar-refractivity contribution is -0.115. The number of anilines is 1. The average Bonchev–Trinajstić information content (AvgIpc) is 3.29. The van der Waals surface area contributed by atoms with Gasteiger partial charge in [0.1, 0.15) is 0 Å². The van der Waals surface area contributed by atoms with E-state index in [1.807, 2.05) is 18.2 Å². The molecular formula is C16H12N6O2S2.